The zero-order chi connectivity index (χ0) is 14.2. The second-order valence-electron chi connectivity index (χ2n) is 4.68. The van der Waals surface area contributed by atoms with Gasteiger partial charge < -0.3 is 15.2 Å². The van der Waals surface area contributed by atoms with Crippen LogP contribution in [0.4, 0.5) is 0 Å². The van der Waals surface area contributed by atoms with E-state index in [4.69, 9.17) is 15.2 Å². The van der Waals surface area contributed by atoms with Gasteiger partial charge in [0, 0.05) is 18.5 Å². The Kier molecular flexibility index (Phi) is 5.44. The molecule has 0 heterocycles. The number of hydrogen-bond acceptors (Lipinski definition) is 3. The minimum absolute atomic E-state index is 0.496. The number of para-hydroxylation sites is 1. The maximum Gasteiger partial charge on any atom is 0.123 e. The molecular formula is C17H21NO2. The van der Waals surface area contributed by atoms with Crippen molar-refractivity contribution >= 4 is 0 Å². The van der Waals surface area contributed by atoms with Gasteiger partial charge in [0.2, 0.25) is 0 Å². The number of hydrogen-bond donors (Lipinski definition) is 1. The lowest BCUT2D eigenvalue weighted by molar-refractivity contribution is 0.246. The van der Waals surface area contributed by atoms with Crippen molar-refractivity contribution in [2.75, 3.05) is 13.2 Å². The van der Waals surface area contributed by atoms with E-state index in [1.807, 2.05) is 48.5 Å². The third-order valence-corrected chi connectivity index (χ3v) is 3.03. The van der Waals surface area contributed by atoms with E-state index in [2.05, 4.69) is 6.92 Å². The van der Waals surface area contributed by atoms with Crippen LogP contribution in [0, 0.1) is 6.92 Å². The zero-order valence-corrected chi connectivity index (χ0v) is 11.8. The summed E-state index contributed by atoms with van der Waals surface area (Å²) >= 11 is 0. The molecule has 0 saturated heterocycles. The highest BCUT2D eigenvalue weighted by Crippen LogP contribution is 2.17. The van der Waals surface area contributed by atoms with Crippen molar-refractivity contribution < 1.29 is 9.47 Å². The van der Waals surface area contributed by atoms with Gasteiger partial charge in [0.15, 0.2) is 0 Å². The molecule has 2 rings (SSSR count). The maximum atomic E-state index is 5.73. The van der Waals surface area contributed by atoms with Crippen LogP contribution in [0.2, 0.25) is 0 Å². The van der Waals surface area contributed by atoms with Gasteiger partial charge in [0.25, 0.3) is 0 Å². The molecule has 0 unspecified atom stereocenters. The largest absolute Gasteiger partial charge is 0.493 e. The van der Waals surface area contributed by atoms with Gasteiger partial charge in [-0.1, -0.05) is 35.9 Å². The van der Waals surface area contributed by atoms with Crippen LogP contribution in [0.3, 0.4) is 0 Å². The Hall–Kier alpha value is -2.00. The summed E-state index contributed by atoms with van der Waals surface area (Å²) in [7, 11) is 0. The summed E-state index contributed by atoms with van der Waals surface area (Å²) in [6.45, 7) is 3.83. The summed E-state index contributed by atoms with van der Waals surface area (Å²) in [4.78, 5) is 0. The lowest BCUT2D eigenvalue weighted by Crippen LogP contribution is -2.07. The van der Waals surface area contributed by atoms with Gasteiger partial charge >= 0.3 is 0 Å². The molecule has 106 valence electrons. The summed E-state index contributed by atoms with van der Waals surface area (Å²) in [6, 6.07) is 15.9. The standard InChI is InChI=1S/C17H21NO2/c1-14-7-9-16(10-8-14)19-11-4-12-20-17-6-3-2-5-15(17)13-18/h2-3,5-10H,4,11-13,18H2,1H3. The van der Waals surface area contributed by atoms with Crippen LogP contribution in [0.15, 0.2) is 48.5 Å². The van der Waals surface area contributed by atoms with Gasteiger partial charge in [-0.15, -0.1) is 0 Å². The molecule has 2 N–H and O–H groups in total. The molecule has 0 atom stereocenters. The monoisotopic (exact) mass is 271 g/mol. The molecule has 0 saturated carbocycles. The predicted molar refractivity (Wildman–Crippen MR) is 81.1 cm³/mol. The normalized spacial score (nSPS) is 10.3. The van der Waals surface area contributed by atoms with Crippen LogP contribution in [0.25, 0.3) is 0 Å². The summed E-state index contributed by atoms with van der Waals surface area (Å²) < 4.78 is 11.4. The summed E-state index contributed by atoms with van der Waals surface area (Å²) in [5, 5.41) is 0. The smallest absolute Gasteiger partial charge is 0.123 e. The van der Waals surface area contributed by atoms with Gasteiger partial charge in [0.1, 0.15) is 11.5 Å². The van der Waals surface area contributed by atoms with Gasteiger partial charge in [-0.05, 0) is 25.1 Å². The van der Waals surface area contributed by atoms with Crippen molar-refractivity contribution in [3.8, 4) is 11.5 Å². The fourth-order valence-electron chi connectivity index (χ4n) is 1.88. The number of nitrogens with two attached hydrogens (primary N) is 1. The van der Waals surface area contributed by atoms with E-state index in [1.165, 1.54) is 5.56 Å². The molecule has 0 amide bonds. The second-order valence-corrected chi connectivity index (χ2v) is 4.68. The number of benzene rings is 2. The summed E-state index contributed by atoms with van der Waals surface area (Å²) in [6.07, 6.45) is 0.840. The highest BCUT2D eigenvalue weighted by Gasteiger charge is 2.00. The minimum atomic E-state index is 0.496. The Bertz CT molecular complexity index is 523. The number of aryl methyl sites for hydroxylation is 1. The van der Waals surface area contributed by atoms with Crippen molar-refractivity contribution in [1.29, 1.82) is 0 Å². The molecule has 0 fully saturated rings. The first-order valence-corrected chi connectivity index (χ1v) is 6.90. The number of rotatable bonds is 7. The minimum Gasteiger partial charge on any atom is -0.493 e. The molecule has 0 aliphatic carbocycles. The van der Waals surface area contributed by atoms with Crippen LogP contribution < -0.4 is 15.2 Å². The average molecular weight is 271 g/mol. The van der Waals surface area contributed by atoms with Crippen LogP contribution >= 0.6 is 0 Å². The first kappa shape index (κ1) is 14.4. The molecule has 0 aliphatic rings. The third kappa shape index (κ3) is 4.28. The second kappa shape index (κ2) is 7.56. The Morgan fingerprint density at radius 3 is 2.35 bits per heavy atom. The van der Waals surface area contributed by atoms with E-state index in [-0.39, 0.29) is 0 Å². The lowest BCUT2D eigenvalue weighted by atomic mass is 10.2. The molecule has 0 aliphatic heterocycles. The molecular weight excluding hydrogens is 250 g/mol. The van der Waals surface area contributed by atoms with E-state index >= 15 is 0 Å². The highest BCUT2D eigenvalue weighted by molar-refractivity contribution is 5.33. The molecule has 0 bridgehead atoms. The highest BCUT2D eigenvalue weighted by atomic mass is 16.5. The van der Waals surface area contributed by atoms with E-state index in [0.717, 1.165) is 23.5 Å². The maximum absolute atomic E-state index is 5.73. The fourth-order valence-corrected chi connectivity index (χ4v) is 1.88. The molecule has 0 radical (unpaired) electrons. The van der Waals surface area contributed by atoms with Crippen molar-refractivity contribution in [3.63, 3.8) is 0 Å². The number of ether oxygens (including phenoxy) is 2. The molecule has 0 spiro atoms. The van der Waals surface area contributed by atoms with E-state index in [9.17, 15) is 0 Å². The van der Waals surface area contributed by atoms with Crippen LogP contribution in [-0.4, -0.2) is 13.2 Å². The molecule has 3 heteroatoms. The van der Waals surface area contributed by atoms with Gasteiger partial charge in [-0.25, -0.2) is 0 Å². The van der Waals surface area contributed by atoms with Crippen LogP contribution in [0.5, 0.6) is 11.5 Å². The fraction of sp³-hybridized carbons (Fsp3) is 0.294. The van der Waals surface area contributed by atoms with Gasteiger partial charge in [-0.2, -0.15) is 0 Å². The van der Waals surface area contributed by atoms with Crippen LogP contribution in [-0.2, 0) is 6.54 Å². The average Bonchev–Trinajstić information content (AvgIpc) is 2.49. The van der Waals surface area contributed by atoms with E-state index in [0.29, 0.717) is 19.8 Å². The van der Waals surface area contributed by atoms with Gasteiger partial charge in [0.05, 0.1) is 13.2 Å². The van der Waals surface area contributed by atoms with Crippen molar-refractivity contribution in [2.45, 2.75) is 19.9 Å². The van der Waals surface area contributed by atoms with Crippen LogP contribution in [0.1, 0.15) is 17.5 Å². The third-order valence-electron chi connectivity index (χ3n) is 3.03. The summed E-state index contributed by atoms with van der Waals surface area (Å²) in [5.41, 5.74) is 7.93. The SMILES string of the molecule is Cc1ccc(OCCCOc2ccccc2CN)cc1. The van der Waals surface area contributed by atoms with Crippen molar-refractivity contribution in [3.05, 3.63) is 59.7 Å². The zero-order valence-electron chi connectivity index (χ0n) is 11.8. The molecule has 0 aromatic heterocycles. The van der Waals surface area contributed by atoms with Gasteiger partial charge in [-0.3, -0.25) is 0 Å². The van der Waals surface area contributed by atoms with E-state index in [1.54, 1.807) is 0 Å². The van der Waals surface area contributed by atoms with Crippen molar-refractivity contribution in [1.82, 2.24) is 0 Å². The molecule has 3 nitrogen and oxygen atoms in total. The predicted octanol–water partition coefficient (Wildman–Crippen LogP) is 3.30. The lowest BCUT2D eigenvalue weighted by Gasteiger charge is -2.10. The summed E-state index contributed by atoms with van der Waals surface area (Å²) in [5.74, 6) is 1.77. The first-order valence-electron chi connectivity index (χ1n) is 6.90. The quantitative estimate of drug-likeness (QED) is 0.786. The Morgan fingerprint density at radius 2 is 1.60 bits per heavy atom. The molecule has 20 heavy (non-hydrogen) atoms. The Balaban J connectivity index is 1.70. The van der Waals surface area contributed by atoms with E-state index < -0.39 is 0 Å². The molecule has 2 aromatic rings. The Labute approximate surface area is 120 Å². The topological polar surface area (TPSA) is 44.5 Å². The Morgan fingerprint density at radius 1 is 0.900 bits per heavy atom. The van der Waals surface area contributed by atoms with Crippen molar-refractivity contribution in [2.24, 2.45) is 5.73 Å². The first-order chi connectivity index (χ1) is 9.79. The molecule has 2 aromatic carbocycles.